The summed E-state index contributed by atoms with van der Waals surface area (Å²) >= 11 is 0. The zero-order valence-corrected chi connectivity index (χ0v) is 9.02. The van der Waals surface area contributed by atoms with Crippen LogP contribution < -0.4 is 0 Å². The highest BCUT2D eigenvalue weighted by Crippen LogP contribution is 2.52. The molecule has 0 aromatic heterocycles. The second-order valence-corrected chi connectivity index (χ2v) is 5.59. The van der Waals surface area contributed by atoms with Gasteiger partial charge in [-0.3, -0.25) is 9.09 Å². The van der Waals surface area contributed by atoms with Crippen LogP contribution in [0.1, 0.15) is 20.8 Å². The number of hydrogen-bond donors (Lipinski definition) is 1. The smallest absolute Gasteiger partial charge is 0.324 e. The van der Waals surface area contributed by atoms with Crippen LogP contribution in [0.2, 0.25) is 0 Å². The van der Waals surface area contributed by atoms with Crippen LogP contribution in [0.4, 0.5) is 13.2 Å². The van der Waals surface area contributed by atoms with Crippen molar-refractivity contribution in [2.75, 3.05) is 6.61 Å². The average molecular weight is 233 g/mol. The standard InChI is InChI=1S/C7H13F3O3P/c1-6(2,3)5-14(11,12)13-4-7(8,9)10/h5H,4H2,1-3H3,(H,11,12). The summed E-state index contributed by atoms with van der Waals surface area (Å²) in [5.41, 5.74) is -0.671. The van der Waals surface area contributed by atoms with E-state index in [1.165, 1.54) is 0 Å². The van der Waals surface area contributed by atoms with E-state index in [0.717, 1.165) is 6.16 Å². The van der Waals surface area contributed by atoms with Crippen LogP contribution in [0.15, 0.2) is 0 Å². The van der Waals surface area contributed by atoms with Gasteiger partial charge in [-0.2, -0.15) is 13.2 Å². The van der Waals surface area contributed by atoms with Gasteiger partial charge in [0.25, 0.3) is 0 Å². The molecule has 3 nitrogen and oxygen atoms in total. The van der Waals surface area contributed by atoms with Gasteiger partial charge < -0.3 is 4.89 Å². The van der Waals surface area contributed by atoms with Gasteiger partial charge in [0.1, 0.15) is 0 Å². The van der Waals surface area contributed by atoms with E-state index in [2.05, 4.69) is 4.52 Å². The van der Waals surface area contributed by atoms with E-state index >= 15 is 0 Å². The summed E-state index contributed by atoms with van der Waals surface area (Å²) in [6, 6.07) is 0. The molecule has 0 bridgehead atoms. The van der Waals surface area contributed by atoms with Crippen LogP contribution in [0.25, 0.3) is 0 Å². The van der Waals surface area contributed by atoms with Crippen molar-refractivity contribution in [2.24, 2.45) is 5.41 Å². The first-order valence-electron chi connectivity index (χ1n) is 3.82. The van der Waals surface area contributed by atoms with Crippen molar-refractivity contribution in [3.8, 4) is 0 Å². The van der Waals surface area contributed by atoms with E-state index < -0.39 is 25.8 Å². The SMILES string of the molecule is CC(C)(C)[CH]P(=O)(O)OCC(F)(F)F. The second-order valence-electron chi connectivity index (χ2n) is 3.95. The number of rotatable bonds is 3. The third-order valence-corrected chi connectivity index (χ3v) is 2.56. The molecule has 0 rings (SSSR count). The predicted octanol–water partition coefficient (Wildman–Crippen LogP) is 2.96. The average Bonchev–Trinajstić information content (AvgIpc) is 1.76. The van der Waals surface area contributed by atoms with Crippen molar-refractivity contribution < 1.29 is 27.2 Å². The summed E-state index contributed by atoms with van der Waals surface area (Å²) in [6.07, 6.45) is -3.71. The molecule has 0 aliphatic heterocycles. The molecule has 0 aliphatic carbocycles. The number of alkyl halides is 3. The Morgan fingerprint density at radius 3 is 2.07 bits per heavy atom. The largest absolute Gasteiger partial charge is 0.412 e. The van der Waals surface area contributed by atoms with Crippen LogP contribution in [0, 0.1) is 11.6 Å². The third kappa shape index (κ3) is 8.53. The Balaban J connectivity index is 4.17. The normalized spacial score (nSPS) is 17.9. The Morgan fingerprint density at radius 2 is 1.79 bits per heavy atom. The summed E-state index contributed by atoms with van der Waals surface area (Å²) in [5.74, 6) is 0. The maximum atomic E-state index is 11.6. The summed E-state index contributed by atoms with van der Waals surface area (Å²) in [6.45, 7) is 3.06. The quantitative estimate of drug-likeness (QED) is 0.762. The van der Waals surface area contributed by atoms with Gasteiger partial charge in [0.05, 0.1) is 6.16 Å². The molecule has 0 spiro atoms. The highest BCUT2D eigenvalue weighted by molar-refractivity contribution is 7.55. The van der Waals surface area contributed by atoms with Gasteiger partial charge in [-0.25, -0.2) is 0 Å². The minimum Gasteiger partial charge on any atom is -0.324 e. The summed E-state index contributed by atoms with van der Waals surface area (Å²) in [4.78, 5) is 8.99. The van der Waals surface area contributed by atoms with Crippen molar-refractivity contribution in [1.29, 1.82) is 0 Å². The molecular weight excluding hydrogens is 220 g/mol. The predicted molar refractivity (Wildman–Crippen MR) is 45.6 cm³/mol. The molecule has 0 heterocycles. The zero-order chi connectivity index (χ0) is 11.6. The van der Waals surface area contributed by atoms with E-state index in [1.807, 2.05) is 0 Å². The number of hydrogen-bond acceptors (Lipinski definition) is 2. The Hall–Kier alpha value is -0.0600. The molecule has 1 unspecified atom stereocenters. The fraction of sp³-hybridized carbons (Fsp3) is 0.857. The third-order valence-electron chi connectivity index (χ3n) is 0.964. The molecule has 0 aliphatic rings. The summed E-state index contributed by atoms with van der Waals surface area (Å²) < 4.78 is 49.9. The number of halogens is 3. The molecule has 7 heteroatoms. The van der Waals surface area contributed by atoms with Gasteiger partial charge in [0.15, 0.2) is 6.61 Å². The fourth-order valence-corrected chi connectivity index (χ4v) is 2.08. The summed E-state index contributed by atoms with van der Waals surface area (Å²) in [5, 5.41) is 0. The lowest BCUT2D eigenvalue weighted by Crippen LogP contribution is -2.17. The molecule has 0 saturated heterocycles. The fourth-order valence-electron chi connectivity index (χ4n) is 0.692. The monoisotopic (exact) mass is 233 g/mol. The van der Waals surface area contributed by atoms with Crippen molar-refractivity contribution in [3.63, 3.8) is 0 Å². The van der Waals surface area contributed by atoms with Gasteiger partial charge in [0.2, 0.25) is 0 Å². The van der Waals surface area contributed by atoms with E-state index in [0.29, 0.717) is 0 Å². The molecular formula is C7H13F3O3P. The van der Waals surface area contributed by atoms with Crippen LogP contribution in [-0.2, 0) is 9.09 Å². The van der Waals surface area contributed by atoms with Crippen molar-refractivity contribution in [2.45, 2.75) is 26.9 Å². The minimum atomic E-state index is -4.59. The molecule has 0 aromatic rings. The van der Waals surface area contributed by atoms with Gasteiger partial charge >= 0.3 is 13.8 Å². The van der Waals surface area contributed by atoms with Crippen molar-refractivity contribution >= 4 is 7.60 Å². The highest BCUT2D eigenvalue weighted by atomic mass is 31.2. The van der Waals surface area contributed by atoms with Crippen LogP contribution in [0.3, 0.4) is 0 Å². The highest BCUT2D eigenvalue weighted by Gasteiger charge is 2.35. The first kappa shape index (κ1) is 13.9. The van der Waals surface area contributed by atoms with E-state index in [4.69, 9.17) is 4.89 Å². The lowest BCUT2D eigenvalue weighted by Gasteiger charge is -2.21. The van der Waals surface area contributed by atoms with Crippen LogP contribution in [-0.4, -0.2) is 17.7 Å². The Labute approximate surface area is 80.8 Å². The first-order chi connectivity index (χ1) is 5.91. The van der Waals surface area contributed by atoms with E-state index in [9.17, 15) is 17.7 Å². The zero-order valence-electron chi connectivity index (χ0n) is 8.13. The molecule has 14 heavy (non-hydrogen) atoms. The molecule has 0 aromatic carbocycles. The van der Waals surface area contributed by atoms with E-state index in [-0.39, 0.29) is 0 Å². The Kier molecular flexibility index (Phi) is 4.19. The lowest BCUT2D eigenvalue weighted by atomic mass is 10.0. The maximum absolute atomic E-state index is 11.6. The van der Waals surface area contributed by atoms with Gasteiger partial charge in [-0.15, -0.1) is 0 Å². The van der Waals surface area contributed by atoms with Gasteiger partial charge in [-0.05, 0) is 5.41 Å². The van der Waals surface area contributed by atoms with Crippen molar-refractivity contribution in [3.05, 3.63) is 6.16 Å². The molecule has 0 fully saturated rings. The molecule has 0 amide bonds. The van der Waals surface area contributed by atoms with Crippen LogP contribution in [0.5, 0.6) is 0 Å². The molecule has 1 radical (unpaired) electrons. The first-order valence-corrected chi connectivity index (χ1v) is 5.47. The van der Waals surface area contributed by atoms with Gasteiger partial charge in [-0.1, -0.05) is 20.8 Å². The van der Waals surface area contributed by atoms with Crippen molar-refractivity contribution in [1.82, 2.24) is 0 Å². The molecule has 1 N–H and O–H groups in total. The maximum Gasteiger partial charge on any atom is 0.412 e. The second kappa shape index (κ2) is 4.21. The summed E-state index contributed by atoms with van der Waals surface area (Å²) in [7, 11) is -4.26. The lowest BCUT2D eigenvalue weighted by molar-refractivity contribution is -0.154. The van der Waals surface area contributed by atoms with Gasteiger partial charge in [0, 0.05) is 0 Å². The molecule has 1 atom stereocenters. The topological polar surface area (TPSA) is 46.5 Å². The van der Waals surface area contributed by atoms with Crippen LogP contribution >= 0.6 is 7.60 Å². The molecule has 0 saturated carbocycles. The Bertz CT molecular complexity index is 231. The minimum absolute atomic E-state index is 0.671. The van der Waals surface area contributed by atoms with E-state index in [1.54, 1.807) is 20.8 Å². The Morgan fingerprint density at radius 1 is 1.36 bits per heavy atom. The molecule has 85 valence electrons.